The quantitative estimate of drug-likeness (QED) is 0.929. The number of rotatable bonds is 3. The summed E-state index contributed by atoms with van der Waals surface area (Å²) in [6.45, 7) is 2.68. The van der Waals surface area contributed by atoms with E-state index in [0.29, 0.717) is 30.0 Å². The van der Waals surface area contributed by atoms with Crippen LogP contribution in [0.15, 0.2) is 36.7 Å². The Morgan fingerprint density at radius 2 is 2.04 bits per heavy atom. The molecule has 1 aliphatic rings. The number of likely N-dealkylation sites (tertiary alicyclic amines) is 1. The summed E-state index contributed by atoms with van der Waals surface area (Å²) in [6, 6.07) is 5.90. The monoisotopic (exact) mass is 328 g/mol. The average Bonchev–Trinajstić information content (AvgIpc) is 3.04. The molecule has 0 bridgehead atoms. The van der Waals surface area contributed by atoms with Gasteiger partial charge in [0.2, 0.25) is 5.91 Å². The maximum Gasteiger partial charge on any atom is 0.254 e. The van der Waals surface area contributed by atoms with Gasteiger partial charge in [-0.1, -0.05) is 12.1 Å². The molecule has 1 N–H and O–H groups in total. The minimum Gasteiger partial charge on any atom is -0.347 e. The fraction of sp³-hybridized carbons (Fsp3) is 0.294. The number of hydrogen-bond donors (Lipinski definition) is 1. The molecule has 0 unspecified atom stereocenters. The first-order valence-electron chi connectivity index (χ1n) is 7.67. The number of halogens is 1. The zero-order valence-electron chi connectivity index (χ0n) is 13.2. The third kappa shape index (κ3) is 3.56. The van der Waals surface area contributed by atoms with Crippen LogP contribution in [0, 0.1) is 5.82 Å². The van der Waals surface area contributed by atoms with Crippen LogP contribution in [0.25, 0.3) is 11.4 Å². The average molecular weight is 328 g/mol. The van der Waals surface area contributed by atoms with E-state index in [0.717, 1.165) is 6.42 Å². The van der Waals surface area contributed by atoms with E-state index in [1.165, 1.54) is 31.5 Å². The van der Waals surface area contributed by atoms with Gasteiger partial charge in [0.15, 0.2) is 5.82 Å². The highest BCUT2D eigenvalue weighted by molar-refractivity contribution is 5.94. The van der Waals surface area contributed by atoms with Crippen molar-refractivity contribution in [2.45, 2.75) is 19.4 Å². The van der Waals surface area contributed by atoms with Crippen molar-refractivity contribution in [2.75, 3.05) is 13.1 Å². The molecule has 1 saturated heterocycles. The molecule has 1 aliphatic heterocycles. The number of carbonyl (C=O) groups is 2. The van der Waals surface area contributed by atoms with Crippen molar-refractivity contribution in [2.24, 2.45) is 0 Å². The Morgan fingerprint density at radius 1 is 1.29 bits per heavy atom. The molecule has 6 nitrogen and oxygen atoms in total. The third-order valence-electron chi connectivity index (χ3n) is 3.97. The Hall–Kier alpha value is -2.83. The molecule has 3 rings (SSSR count). The van der Waals surface area contributed by atoms with Crippen molar-refractivity contribution in [3.05, 3.63) is 48.0 Å². The van der Waals surface area contributed by atoms with Gasteiger partial charge < -0.3 is 10.2 Å². The lowest BCUT2D eigenvalue weighted by atomic mass is 10.2. The highest BCUT2D eigenvalue weighted by atomic mass is 19.1. The van der Waals surface area contributed by atoms with Gasteiger partial charge in [0.05, 0.1) is 5.56 Å². The van der Waals surface area contributed by atoms with Crippen molar-refractivity contribution in [1.82, 2.24) is 20.2 Å². The Kier molecular flexibility index (Phi) is 4.50. The summed E-state index contributed by atoms with van der Waals surface area (Å²) < 4.78 is 13.2. The number of carbonyl (C=O) groups excluding carboxylic acids is 2. The molecule has 0 aliphatic carbocycles. The predicted octanol–water partition coefficient (Wildman–Crippen LogP) is 1.63. The summed E-state index contributed by atoms with van der Waals surface area (Å²) >= 11 is 0. The first kappa shape index (κ1) is 16.0. The molecule has 1 aromatic heterocycles. The lowest BCUT2D eigenvalue weighted by molar-refractivity contribution is -0.127. The molecular formula is C17H17FN4O2. The van der Waals surface area contributed by atoms with Crippen molar-refractivity contribution in [3.8, 4) is 11.4 Å². The third-order valence-corrected chi connectivity index (χ3v) is 3.97. The van der Waals surface area contributed by atoms with Gasteiger partial charge in [-0.15, -0.1) is 0 Å². The van der Waals surface area contributed by atoms with Crippen LogP contribution >= 0.6 is 0 Å². The van der Waals surface area contributed by atoms with Gasteiger partial charge >= 0.3 is 0 Å². The number of nitrogens with one attached hydrogen (secondary N) is 1. The fourth-order valence-electron chi connectivity index (χ4n) is 2.65. The predicted molar refractivity (Wildman–Crippen MR) is 85.6 cm³/mol. The summed E-state index contributed by atoms with van der Waals surface area (Å²) in [4.78, 5) is 33.5. The van der Waals surface area contributed by atoms with E-state index in [9.17, 15) is 14.0 Å². The summed E-state index contributed by atoms with van der Waals surface area (Å²) in [7, 11) is 0. The Morgan fingerprint density at radius 3 is 2.67 bits per heavy atom. The normalized spacial score (nSPS) is 16.9. The lowest BCUT2D eigenvalue weighted by Gasteiger charge is -2.15. The zero-order valence-corrected chi connectivity index (χ0v) is 13.2. The van der Waals surface area contributed by atoms with E-state index in [1.54, 1.807) is 17.0 Å². The van der Waals surface area contributed by atoms with Gasteiger partial charge in [-0.25, -0.2) is 14.4 Å². The van der Waals surface area contributed by atoms with Crippen molar-refractivity contribution >= 4 is 11.8 Å². The van der Waals surface area contributed by atoms with Crippen LogP contribution in [0.5, 0.6) is 0 Å². The molecule has 124 valence electrons. The number of nitrogens with zero attached hydrogens (tertiary/aromatic N) is 3. The van der Waals surface area contributed by atoms with E-state index >= 15 is 0 Å². The molecule has 2 amide bonds. The summed E-state index contributed by atoms with van der Waals surface area (Å²) in [6.07, 6.45) is 3.56. The second-order valence-corrected chi connectivity index (χ2v) is 5.73. The second-order valence-electron chi connectivity index (χ2n) is 5.73. The van der Waals surface area contributed by atoms with E-state index in [1.807, 2.05) is 0 Å². The van der Waals surface area contributed by atoms with Gasteiger partial charge in [-0.05, 0) is 18.6 Å². The van der Waals surface area contributed by atoms with E-state index in [2.05, 4.69) is 15.3 Å². The van der Waals surface area contributed by atoms with Crippen molar-refractivity contribution in [1.29, 1.82) is 0 Å². The summed E-state index contributed by atoms with van der Waals surface area (Å²) in [5, 5.41) is 2.88. The van der Waals surface area contributed by atoms with Crippen LogP contribution in [0.1, 0.15) is 23.7 Å². The molecule has 1 aromatic carbocycles. The van der Waals surface area contributed by atoms with Crippen LogP contribution in [-0.4, -0.2) is 45.8 Å². The van der Waals surface area contributed by atoms with Gasteiger partial charge in [0.1, 0.15) is 5.82 Å². The van der Waals surface area contributed by atoms with E-state index in [4.69, 9.17) is 0 Å². The summed E-state index contributed by atoms with van der Waals surface area (Å²) in [5.41, 5.74) is 0.881. The van der Waals surface area contributed by atoms with Gasteiger partial charge in [0, 0.05) is 44.0 Å². The molecule has 24 heavy (non-hydrogen) atoms. The lowest BCUT2D eigenvalue weighted by Crippen LogP contribution is -2.38. The smallest absolute Gasteiger partial charge is 0.254 e. The Labute approximate surface area is 138 Å². The highest BCUT2D eigenvalue weighted by Gasteiger charge is 2.25. The Bertz CT molecular complexity index is 763. The van der Waals surface area contributed by atoms with Gasteiger partial charge in [-0.3, -0.25) is 9.59 Å². The maximum atomic E-state index is 13.2. The molecule has 0 spiro atoms. The molecular weight excluding hydrogens is 311 g/mol. The topological polar surface area (TPSA) is 75.2 Å². The van der Waals surface area contributed by atoms with Crippen LogP contribution in [0.4, 0.5) is 4.39 Å². The second kappa shape index (κ2) is 6.74. The van der Waals surface area contributed by atoms with Gasteiger partial charge in [0.25, 0.3) is 5.91 Å². The first-order valence-corrected chi connectivity index (χ1v) is 7.67. The minimum atomic E-state index is -0.367. The molecule has 2 aromatic rings. The van der Waals surface area contributed by atoms with E-state index in [-0.39, 0.29) is 23.7 Å². The first-order chi connectivity index (χ1) is 11.5. The SMILES string of the molecule is CC(=O)N1CC[C@@H](NC(=O)c2cnc(-c3cccc(F)c3)nc2)C1. The highest BCUT2D eigenvalue weighted by Crippen LogP contribution is 2.16. The molecule has 2 heterocycles. The molecule has 0 saturated carbocycles. The number of aromatic nitrogens is 2. The van der Waals surface area contributed by atoms with Crippen molar-refractivity contribution < 1.29 is 14.0 Å². The molecule has 1 atom stereocenters. The summed E-state index contributed by atoms with van der Waals surface area (Å²) in [5.74, 6) is -0.283. The number of benzene rings is 1. The van der Waals surface area contributed by atoms with Crippen LogP contribution in [0.2, 0.25) is 0 Å². The minimum absolute atomic E-state index is 0.00882. The van der Waals surface area contributed by atoms with Crippen LogP contribution in [0.3, 0.4) is 0 Å². The van der Waals surface area contributed by atoms with E-state index < -0.39 is 0 Å². The molecule has 1 fully saturated rings. The molecule has 0 radical (unpaired) electrons. The largest absolute Gasteiger partial charge is 0.347 e. The molecule has 7 heteroatoms. The van der Waals surface area contributed by atoms with Crippen LogP contribution in [-0.2, 0) is 4.79 Å². The van der Waals surface area contributed by atoms with Crippen molar-refractivity contribution in [3.63, 3.8) is 0 Å². The number of amides is 2. The zero-order chi connectivity index (χ0) is 17.1. The standard InChI is InChI=1S/C17H17FN4O2/c1-11(23)22-6-5-15(10-22)21-17(24)13-8-19-16(20-9-13)12-3-2-4-14(18)7-12/h2-4,7-9,15H,5-6,10H2,1H3,(H,21,24)/t15-/m1/s1. The van der Waals surface area contributed by atoms with Crippen LogP contribution < -0.4 is 5.32 Å². The number of hydrogen-bond acceptors (Lipinski definition) is 4. The van der Waals surface area contributed by atoms with Gasteiger partial charge in [-0.2, -0.15) is 0 Å². The Balaban J connectivity index is 1.65. The maximum absolute atomic E-state index is 13.2. The fourth-order valence-corrected chi connectivity index (χ4v) is 2.65.